The molecule has 0 aliphatic carbocycles. The number of halogens is 2. The molecule has 1 heterocycles. The highest BCUT2D eigenvalue weighted by molar-refractivity contribution is 6.42. The summed E-state index contributed by atoms with van der Waals surface area (Å²) < 4.78 is 7.45. The lowest BCUT2D eigenvalue weighted by atomic mass is 10.0. The minimum atomic E-state index is -0.444. The quantitative estimate of drug-likeness (QED) is 0.477. The van der Waals surface area contributed by atoms with Crippen LogP contribution in [0.3, 0.4) is 0 Å². The molecule has 0 aliphatic heterocycles. The smallest absolute Gasteiger partial charge is 0.249 e. The highest BCUT2D eigenvalue weighted by Crippen LogP contribution is 2.33. The third kappa shape index (κ3) is 3.24. The normalized spacial score (nSPS) is 11.4. The molecule has 0 fully saturated rings. The molecule has 1 aromatic heterocycles. The molecule has 1 amide bonds. The number of rotatable bonds is 5. The highest BCUT2D eigenvalue weighted by atomic mass is 35.5. The van der Waals surface area contributed by atoms with Crippen molar-refractivity contribution in [1.82, 2.24) is 4.57 Å². The van der Waals surface area contributed by atoms with E-state index in [1.54, 1.807) is 19.2 Å². The van der Waals surface area contributed by atoms with Gasteiger partial charge in [-0.2, -0.15) is 0 Å². The lowest BCUT2D eigenvalue weighted by molar-refractivity contribution is 0.100. The summed E-state index contributed by atoms with van der Waals surface area (Å²) >= 11 is 12.3. The van der Waals surface area contributed by atoms with Crippen LogP contribution in [0.1, 0.15) is 21.5 Å². The van der Waals surface area contributed by atoms with Crippen molar-refractivity contribution < 1.29 is 9.53 Å². The van der Waals surface area contributed by atoms with Crippen LogP contribution in [0, 0.1) is 0 Å². The van der Waals surface area contributed by atoms with Gasteiger partial charge in [-0.05, 0) is 41.5 Å². The summed E-state index contributed by atoms with van der Waals surface area (Å²) in [4.78, 5) is 12.0. The Morgan fingerprint density at radius 2 is 1.79 bits per heavy atom. The summed E-state index contributed by atoms with van der Waals surface area (Å²) in [5.74, 6) is -0.444. The van der Waals surface area contributed by atoms with E-state index < -0.39 is 5.91 Å². The van der Waals surface area contributed by atoms with E-state index in [9.17, 15) is 4.79 Å². The summed E-state index contributed by atoms with van der Waals surface area (Å²) in [6.07, 6.45) is 0. The third-order valence-electron chi connectivity index (χ3n) is 4.86. The van der Waals surface area contributed by atoms with Crippen LogP contribution in [0.2, 0.25) is 10.0 Å². The van der Waals surface area contributed by atoms with Gasteiger partial charge < -0.3 is 15.0 Å². The van der Waals surface area contributed by atoms with Crippen molar-refractivity contribution in [2.45, 2.75) is 13.2 Å². The van der Waals surface area contributed by atoms with Crippen molar-refractivity contribution in [3.05, 3.63) is 81.3 Å². The Morgan fingerprint density at radius 1 is 1.00 bits per heavy atom. The highest BCUT2D eigenvalue weighted by Gasteiger charge is 2.17. The lowest BCUT2D eigenvalue weighted by Gasteiger charge is -2.10. The van der Waals surface area contributed by atoms with Crippen LogP contribution in [0.15, 0.2) is 54.6 Å². The monoisotopic (exact) mass is 412 g/mol. The van der Waals surface area contributed by atoms with Gasteiger partial charge in [-0.1, -0.05) is 47.5 Å². The number of ether oxygens (including phenoxy) is 1. The Kier molecular flexibility index (Phi) is 5.02. The van der Waals surface area contributed by atoms with Gasteiger partial charge in [-0.15, -0.1) is 0 Å². The number of methoxy groups -OCH3 is 1. The Hall–Kier alpha value is -2.53. The summed E-state index contributed by atoms with van der Waals surface area (Å²) in [5, 5.41) is 2.86. The summed E-state index contributed by atoms with van der Waals surface area (Å²) in [5.41, 5.74) is 10.2. The lowest BCUT2D eigenvalue weighted by Crippen LogP contribution is -2.11. The number of nitrogens with two attached hydrogens (primary N) is 1. The number of carbonyl (C=O) groups is 1. The molecule has 4 rings (SSSR count). The van der Waals surface area contributed by atoms with Crippen molar-refractivity contribution in [3.63, 3.8) is 0 Å². The molecule has 0 aliphatic rings. The number of primary amides is 1. The van der Waals surface area contributed by atoms with Gasteiger partial charge in [0.05, 0.1) is 22.2 Å². The molecule has 4 nitrogen and oxygen atoms in total. The zero-order valence-corrected chi connectivity index (χ0v) is 16.7. The van der Waals surface area contributed by atoms with Crippen LogP contribution in [-0.2, 0) is 17.9 Å². The van der Waals surface area contributed by atoms with E-state index in [-0.39, 0.29) is 0 Å². The van der Waals surface area contributed by atoms with E-state index in [4.69, 9.17) is 33.7 Å². The van der Waals surface area contributed by atoms with Crippen LogP contribution in [0.25, 0.3) is 21.8 Å². The zero-order chi connectivity index (χ0) is 19.8. The second-order valence-corrected chi connectivity index (χ2v) is 7.50. The van der Waals surface area contributed by atoms with Crippen LogP contribution in [-0.4, -0.2) is 17.6 Å². The van der Waals surface area contributed by atoms with E-state index in [1.807, 2.05) is 36.4 Å². The minimum Gasteiger partial charge on any atom is -0.380 e. The summed E-state index contributed by atoms with van der Waals surface area (Å²) in [7, 11) is 1.67. The Balaban J connectivity index is 2.00. The zero-order valence-electron chi connectivity index (χ0n) is 15.2. The maximum absolute atomic E-state index is 12.0. The first kappa shape index (κ1) is 18.8. The number of amides is 1. The molecular formula is C22H18Cl2N2O2. The minimum absolute atomic E-state index is 0.444. The summed E-state index contributed by atoms with van der Waals surface area (Å²) in [6.45, 7) is 1.09. The van der Waals surface area contributed by atoms with Crippen LogP contribution < -0.4 is 5.73 Å². The molecule has 4 aromatic rings. The molecule has 0 radical (unpaired) electrons. The SMILES string of the molecule is COCc1ccc2c3c(C(N)=O)cccc3n(Cc3ccc(Cl)c(Cl)c3)c2c1. The molecule has 0 unspecified atom stereocenters. The van der Waals surface area contributed by atoms with Crippen molar-refractivity contribution in [1.29, 1.82) is 0 Å². The van der Waals surface area contributed by atoms with Gasteiger partial charge in [0.15, 0.2) is 0 Å². The Morgan fingerprint density at radius 3 is 2.50 bits per heavy atom. The molecule has 0 saturated carbocycles. The van der Waals surface area contributed by atoms with Crippen molar-refractivity contribution in [3.8, 4) is 0 Å². The Labute approximate surface area is 172 Å². The number of hydrogen-bond donors (Lipinski definition) is 1. The van der Waals surface area contributed by atoms with Gasteiger partial charge in [0, 0.05) is 35.5 Å². The molecule has 2 N–H and O–H groups in total. The molecule has 28 heavy (non-hydrogen) atoms. The van der Waals surface area contributed by atoms with E-state index in [2.05, 4.69) is 10.6 Å². The molecular weight excluding hydrogens is 395 g/mol. The van der Waals surface area contributed by atoms with E-state index in [0.717, 1.165) is 32.9 Å². The van der Waals surface area contributed by atoms with Crippen molar-refractivity contribution in [2.75, 3.05) is 7.11 Å². The summed E-state index contributed by atoms with van der Waals surface area (Å²) in [6, 6.07) is 17.3. The standard InChI is InChI=1S/C22H18Cl2N2O2/c1-28-12-14-5-7-15-20(10-14)26(11-13-6-8-17(23)18(24)9-13)19-4-2-3-16(21(15)19)22(25)27/h2-10H,11-12H2,1H3,(H2,25,27). The topological polar surface area (TPSA) is 57.2 Å². The fraction of sp³-hybridized carbons (Fsp3) is 0.136. The molecule has 6 heteroatoms. The van der Waals surface area contributed by atoms with Gasteiger partial charge in [0.1, 0.15) is 0 Å². The second-order valence-electron chi connectivity index (χ2n) is 6.68. The van der Waals surface area contributed by atoms with Gasteiger partial charge in [0.2, 0.25) is 5.91 Å². The number of hydrogen-bond acceptors (Lipinski definition) is 2. The van der Waals surface area contributed by atoms with Gasteiger partial charge in [-0.3, -0.25) is 4.79 Å². The molecule has 0 spiro atoms. The molecule has 0 saturated heterocycles. The molecule has 0 atom stereocenters. The predicted octanol–water partition coefficient (Wildman–Crippen LogP) is 5.39. The van der Waals surface area contributed by atoms with Gasteiger partial charge >= 0.3 is 0 Å². The molecule has 3 aromatic carbocycles. The van der Waals surface area contributed by atoms with Crippen LogP contribution >= 0.6 is 23.2 Å². The average Bonchev–Trinajstić information content (AvgIpc) is 2.98. The first-order valence-corrected chi connectivity index (χ1v) is 9.51. The number of carbonyl (C=O) groups excluding carboxylic acids is 1. The second kappa shape index (κ2) is 7.47. The van der Waals surface area contributed by atoms with Crippen LogP contribution in [0.4, 0.5) is 0 Å². The average molecular weight is 413 g/mol. The number of nitrogens with zero attached hydrogens (tertiary/aromatic N) is 1. The van der Waals surface area contributed by atoms with E-state index in [0.29, 0.717) is 28.8 Å². The fourth-order valence-electron chi connectivity index (χ4n) is 3.64. The largest absolute Gasteiger partial charge is 0.380 e. The molecule has 142 valence electrons. The fourth-order valence-corrected chi connectivity index (χ4v) is 3.96. The first-order chi connectivity index (χ1) is 13.5. The third-order valence-corrected chi connectivity index (χ3v) is 5.60. The van der Waals surface area contributed by atoms with Gasteiger partial charge in [0.25, 0.3) is 0 Å². The molecule has 0 bridgehead atoms. The maximum atomic E-state index is 12.0. The first-order valence-electron chi connectivity index (χ1n) is 8.76. The van der Waals surface area contributed by atoms with Crippen molar-refractivity contribution in [2.24, 2.45) is 5.73 Å². The Bertz CT molecular complexity index is 1210. The number of benzene rings is 3. The predicted molar refractivity (Wildman–Crippen MR) is 114 cm³/mol. The number of fused-ring (bicyclic) bond motifs is 3. The number of aromatic nitrogens is 1. The van der Waals surface area contributed by atoms with Crippen molar-refractivity contribution >= 4 is 50.9 Å². The van der Waals surface area contributed by atoms with Gasteiger partial charge in [-0.25, -0.2) is 0 Å². The maximum Gasteiger partial charge on any atom is 0.249 e. The van der Waals surface area contributed by atoms with E-state index in [1.165, 1.54) is 0 Å². The van der Waals surface area contributed by atoms with Crippen LogP contribution in [0.5, 0.6) is 0 Å². The van der Waals surface area contributed by atoms with E-state index >= 15 is 0 Å².